The molecule has 81 heavy (non-hydrogen) atoms. The number of nitrogens with zero attached hydrogens (tertiary/aromatic N) is 2. The van der Waals surface area contributed by atoms with E-state index in [0.29, 0.717) is 5.92 Å². The summed E-state index contributed by atoms with van der Waals surface area (Å²) in [4.78, 5) is 5.23. The molecule has 0 unspecified atom stereocenters. The van der Waals surface area contributed by atoms with E-state index in [4.69, 9.17) is 4.74 Å². The van der Waals surface area contributed by atoms with Crippen LogP contribution in [0.5, 0.6) is 11.5 Å². The van der Waals surface area contributed by atoms with Crippen molar-refractivity contribution in [1.29, 1.82) is 0 Å². The maximum Gasteiger partial charge on any atom is 0.257 e. The maximum absolute atomic E-state index is 7.63. The summed E-state index contributed by atoms with van der Waals surface area (Å²) < 4.78 is 7.63. The minimum absolute atomic E-state index is 0.227. The fourth-order valence-electron chi connectivity index (χ4n) is 14.5. The molecule has 11 aromatic rings. The van der Waals surface area contributed by atoms with Crippen LogP contribution >= 0.6 is 0 Å². The van der Waals surface area contributed by atoms with Crippen LogP contribution in [0.1, 0.15) is 76.0 Å². The van der Waals surface area contributed by atoms with Gasteiger partial charge in [-0.05, 0) is 135 Å². The van der Waals surface area contributed by atoms with Gasteiger partial charge in [0.25, 0.3) is 6.71 Å². The van der Waals surface area contributed by atoms with Crippen LogP contribution < -0.4 is 72.4 Å². The third kappa shape index (κ3) is 7.67. The largest absolute Gasteiger partial charge is 0.458 e. The number of fused-ring (bicyclic) bond motifs is 6. The summed E-state index contributed by atoms with van der Waals surface area (Å²) >= 11 is 0. The van der Waals surface area contributed by atoms with Crippen LogP contribution in [0.2, 0.25) is 0 Å². The van der Waals surface area contributed by atoms with Crippen LogP contribution in [0, 0.1) is 0 Å². The van der Waals surface area contributed by atoms with Crippen LogP contribution in [0.25, 0.3) is 0 Å². The second kappa shape index (κ2) is 20.1. The number of benzene rings is 11. The van der Waals surface area contributed by atoms with Gasteiger partial charge in [0.1, 0.15) is 11.5 Å². The Morgan fingerprint density at radius 2 is 0.580 bits per heavy atom. The number of rotatable bonds is 10. The second-order valence-corrected chi connectivity index (χ2v) is 30.7. The summed E-state index contributed by atoms with van der Waals surface area (Å²) in [5.41, 5.74) is 14.9. The van der Waals surface area contributed by atoms with Crippen molar-refractivity contribution in [2.24, 2.45) is 0 Å². The minimum Gasteiger partial charge on any atom is -0.458 e. The predicted octanol–water partition coefficient (Wildman–Crippen LogP) is 12.0. The lowest BCUT2D eigenvalue weighted by Gasteiger charge is -2.47. The topological polar surface area (TPSA) is 15.7 Å². The number of hydrogen-bond donors (Lipinski definition) is 0. The van der Waals surface area contributed by atoms with E-state index in [0.717, 1.165) is 22.9 Å². The Bertz CT molecular complexity index is 3730. The van der Waals surface area contributed by atoms with Gasteiger partial charge in [0.2, 0.25) is 0 Å². The van der Waals surface area contributed by atoms with E-state index in [1.807, 2.05) is 0 Å². The first-order valence-corrected chi connectivity index (χ1v) is 33.0. The van der Waals surface area contributed by atoms with Gasteiger partial charge in [0.05, 0.1) is 0 Å². The number of hydrogen-bond acceptors (Lipinski definition) is 3. The predicted molar refractivity (Wildman–Crippen MR) is 350 cm³/mol. The molecule has 0 aromatic heterocycles. The number of ether oxygens (including phenoxy) is 1. The van der Waals surface area contributed by atoms with Crippen molar-refractivity contribution in [2.75, 3.05) is 9.80 Å². The highest BCUT2D eigenvalue weighted by Gasteiger charge is 2.52. The van der Waals surface area contributed by atoms with E-state index in [1.165, 1.54) is 97.3 Å². The molecule has 0 spiro atoms. The molecule has 6 heteroatoms. The van der Waals surface area contributed by atoms with Crippen molar-refractivity contribution >= 4 is 115 Å². The Kier molecular flexibility index (Phi) is 12.6. The molecule has 3 aliphatic rings. The van der Waals surface area contributed by atoms with Gasteiger partial charge >= 0.3 is 0 Å². The molecule has 0 saturated carbocycles. The highest BCUT2D eigenvalue weighted by atomic mass is 28.3. The first-order chi connectivity index (χ1) is 39.7. The monoisotopic (exact) mass is 1080 g/mol. The smallest absolute Gasteiger partial charge is 0.257 e. The van der Waals surface area contributed by atoms with E-state index >= 15 is 0 Å². The Morgan fingerprint density at radius 1 is 0.296 bits per heavy atom. The van der Waals surface area contributed by atoms with Crippen molar-refractivity contribution in [2.45, 2.75) is 59.3 Å². The van der Waals surface area contributed by atoms with E-state index in [-0.39, 0.29) is 18.5 Å². The van der Waals surface area contributed by atoms with Crippen molar-refractivity contribution in [1.82, 2.24) is 0 Å². The molecule has 3 aliphatic heterocycles. The summed E-state index contributed by atoms with van der Waals surface area (Å²) in [6.45, 7) is 14.0. The Morgan fingerprint density at radius 3 is 0.877 bits per heavy atom. The Labute approximate surface area is 480 Å². The quantitative estimate of drug-likeness (QED) is 0.127. The molecule has 392 valence electrons. The van der Waals surface area contributed by atoms with E-state index in [1.54, 1.807) is 0 Å². The molecule has 0 radical (unpaired) electrons. The van der Waals surface area contributed by atoms with E-state index < -0.39 is 16.1 Å². The normalized spacial score (nSPS) is 14.4. The summed E-state index contributed by atoms with van der Waals surface area (Å²) in [5, 5.41) is 10.9. The van der Waals surface area contributed by atoms with Crippen LogP contribution in [0.3, 0.4) is 0 Å². The molecule has 0 fully saturated rings. The molecule has 0 amide bonds. The van der Waals surface area contributed by atoms with Crippen LogP contribution in [0.4, 0.5) is 34.1 Å². The van der Waals surface area contributed by atoms with Crippen molar-refractivity contribution in [3.05, 3.63) is 284 Å². The van der Waals surface area contributed by atoms with Crippen LogP contribution in [-0.2, 0) is 0 Å². The van der Waals surface area contributed by atoms with Crippen molar-refractivity contribution in [3.8, 4) is 11.5 Å². The highest BCUT2D eigenvalue weighted by molar-refractivity contribution is 7.22. The summed E-state index contributed by atoms with van der Waals surface area (Å²) in [5.74, 6) is 2.58. The lowest BCUT2D eigenvalue weighted by atomic mass is 9.33. The Balaban J connectivity index is 1.09. The van der Waals surface area contributed by atoms with Gasteiger partial charge < -0.3 is 14.5 Å². The summed E-state index contributed by atoms with van der Waals surface area (Å²) in [6, 6.07) is 101. The molecule has 0 saturated heterocycles. The standard InChI is InChI=1S/C75H65BN2OSi2/c1-51(2)54-49-59(52(3)4)73(60(50-54)53(5)6)76-74-65(77-61-37-19-23-45-69(61)80(55-29-11-7-12-30-55,56-31-13-8-14-32-56)70-46-24-20-38-62(70)77)41-27-43-67(74)79-68-44-28-42-66(75(68)76)78-63-39-21-25-47-71(63)81(57-33-15-9-16-34-57,58-35-17-10-18-36-58)72-48-26-22-40-64(72)78/h7-53H,1-6H3. The van der Waals surface area contributed by atoms with Gasteiger partial charge in [-0.25, -0.2) is 0 Å². The van der Waals surface area contributed by atoms with Gasteiger partial charge in [0.15, 0.2) is 16.1 Å². The van der Waals surface area contributed by atoms with Gasteiger partial charge in [-0.15, -0.1) is 0 Å². The lowest BCUT2D eigenvalue weighted by molar-refractivity contribution is 0.487. The van der Waals surface area contributed by atoms with Gasteiger partial charge in [0, 0.05) is 34.1 Å². The average Bonchev–Trinajstić information content (AvgIpc) is 3.70. The minimum atomic E-state index is -2.93. The molecule has 3 nitrogen and oxygen atoms in total. The van der Waals surface area contributed by atoms with Crippen molar-refractivity contribution < 1.29 is 4.74 Å². The summed E-state index contributed by atoms with van der Waals surface area (Å²) in [7, 11) is -5.85. The molecule has 14 rings (SSSR count). The molecule has 11 aromatic carbocycles. The van der Waals surface area contributed by atoms with E-state index in [9.17, 15) is 0 Å². The molecular formula is C75H65BN2OSi2. The molecular weight excluding hydrogens is 1010 g/mol. The first kappa shape index (κ1) is 50.5. The molecule has 0 bridgehead atoms. The zero-order valence-corrected chi connectivity index (χ0v) is 49.0. The van der Waals surface area contributed by atoms with Crippen molar-refractivity contribution in [3.63, 3.8) is 0 Å². The third-order valence-corrected chi connectivity index (χ3v) is 27.6. The third-order valence-electron chi connectivity index (χ3n) is 17.9. The highest BCUT2D eigenvalue weighted by Crippen LogP contribution is 2.44. The lowest BCUT2D eigenvalue weighted by Crippen LogP contribution is -2.77. The fourth-order valence-corrected chi connectivity index (χ4v) is 24.7. The fraction of sp³-hybridized carbons (Fsp3) is 0.120. The van der Waals surface area contributed by atoms with Crippen LogP contribution in [-0.4, -0.2) is 22.9 Å². The van der Waals surface area contributed by atoms with Gasteiger partial charge in [-0.1, -0.05) is 265 Å². The number of anilines is 6. The van der Waals surface area contributed by atoms with Crippen LogP contribution in [0.15, 0.2) is 267 Å². The van der Waals surface area contributed by atoms with E-state index in [2.05, 4.69) is 318 Å². The maximum atomic E-state index is 7.63. The molecule has 0 aliphatic carbocycles. The second-order valence-electron chi connectivity index (χ2n) is 23.2. The van der Waals surface area contributed by atoms with Gasteiger partial charge in [-0.2, -0.15) is 0 Å². The SMILES string of the molecule is CC(C)c1cc(C(C)C)c(B2c3c(cccc3N3c4ccccc4[Si](c4ccccc4)(c4ccccc4)c4ccccc43)Oc3cccc(N4c5ccccc5[Si](c5ccccc5)(c5ccccc5)c5ccccc54)c32)c(C(C)C)c1. The van der Waals surface area contributed by atoms with Gasteiger partial charge in [-0.3, -0.25) is 0 Å². The first-order valence-electron chi connectivity index (χ1n) is 29.0. The zero-order valence-electron chi connectivity index (χ0n) is 47.0. The molecule has 3 heterocycles. The number of para-hydroxylation sites is 4. The molecule has 0 atom stereocenters. The summed E-state index contributed by atoms with van der Waals surface area (Å²) in [6.07, 6.45) is 0. The Hall–Kier alpha value is -8.68. The average molecular weight is 1080 g/mol. The zero-order chi connectivity index (χ0) is 55.0. The molecule has 0 N–H and O–H groups in total.